The summed E-state index contributed by atoms with van der Waals surface area (Å²) in [5.41, 5.74) is 11.1. The van der Waals surface area contributed by atoms with E-state index in [9.17, 15) is 0 Å². The van der Waals surface area contributed by atoms with Crippen LogP contribution in [0.25, 0.3) is 0 Å². The average Bonchev–Trinajstić information content (AvgIpc) is 3.02. The molecule has 0 unspecified atom stereocenters. The van der Waals surface area contributed by atoms with E-state index in [1.807, 2.05) is 0 Å². The van der Waals surface area contributed by atoms with E-state index in [2.05, 4.69) is 77.8 Å². The number of unbranched alkanes of at least 4 members (excludes halogenated alkanes) is 7. The number of hydrogen-bond donors (Lipinski definition) is 3. The van der Waals surface area contributed by atoms with E-state index in [4.69, 9.17) is 31.1 Å². The van der Waals surface area contributed by atoms with Crippen molar-refractivity contribution < 1.29 is 14.2 Å². The number of benzene rings is 3. The Labute approximate surface area is 252 Å². The Kier molecular flexibility index (Phi) is 13.6. The number of nitrogens with two attached hydrogens (primary N) is 2. The second-order valence-electron chi connectivity index (χ2n) is 10.5. The van der Waals surface area contributed by atoms with Gasteiger partial charge < -0.3 is 25.7 Å². The first-order valence-corrected chi connectivity index (χ1v) is 16.8. The Bertz CT molecular complexity index is 1130. The molecule has 5 N–H and O–H groups in total. The quantitative estimate of drug-likeness (QED) is 0.0704. The highest BCUT2D eigenvalue weighted by atomic mass is 31.2. The molecule has 0 bridgehead atoms. The van der Waals surface area contributed by atoms with Gasteiger partial charge in [-0.05, 0) is 92.1 Å². The topological polar surface area (TPSA) is 116 Å². The molecule has 7 nitrogen and oxygen atoms in total. The number of ether oxygens (including phenoxy) is 3. The lowest BCUT2D eigenvalue weighted by atomic mass is 10.1. The fourth-order valence-corrected chi connectivity index (χ4v) is 9.68. The molecule has 0 amide bonds. The number of methoxy groups -OCH3 is 3. The number of aliphatic imine (C=N–C) groups is 1. The van der Waals surface area contributed by atoms with Gasteiger partial charge in [0.25, 0.3) is 0 Å². The molecule has 0 fully saturated rings. The molecule has 0 atom stereocenters. The highest BCUT2D eigenvalue weighted by molar-refractivity contribution is 7.95. The van der Waals surface area contributed by atoms with Crippen LogP contribution in [0.5, 0.6) is 17.2 Å². The molecule has 3 rings (SSSR count). The Morgan fingerprint density at radius 2 is 0.952 bits per heavy atom. The molecule has 0 aliphatic heterocycles. The van der Waals surface area contributed by atoms with Crippen molar-refractivity contribution >= 4 is 34.8 Å². The van der Waals surface area contributed by atoms with E-state index in [0.717, 1.165) is 42.7 Å². The first-order chi connectivity index (χ1) is 20.4. The van der Waals surface area contributed by atoms with Crippen molar-refractivity contribution in [3.8, 4) is 17.2 Å². The van der Waals surface area contributed by atoms with E-state index >= 15 is 0 Å². The van der Waals surface area contributed by atoms with Gasteiger partial charge in [0, 0.05) is 6.54 Å². The third-order valence-corrected chi connectivity index (χ3v) is 12.2. The van der Waals surface area contributed by atoms with E-state index < -0.39 is 7.26 Å². The van der Waals surface area contributed by atoms with Gasteiger partial charge in [-0.2, -0.15) is 0 Å². The second-order valence-corrected chi connectivity index (χ2v) is 14.1. The van der Waals surface area contributed by atoms with Crippen LogP contribution in [0.3, 0.4) is 0 Å². The monoisotopic (exact) mass is 591 g/mol. The maximum atomic E-state index is 7.28. The molecule has 0 aliphatic carbocycles. The van der Waals surface area contributed by atoms with Crippen molar-refractivity contribution in [3.63, 3.8) is 0 Å². The number of rotatable bonds is 19. The maximum Gasteiger partial charge on any atom is 0.119 e. The van der Waals surface area contributed by atoms with E-state index in [0.29, 0.717) is 12.4 Å². The molecule has 0 saturated heterocycles. The Morgan fingerprint density at radius 3 is 1.31 bits per heavy atom. The van der Waals surface area contributed by atoms with Gasteiger partial charge in [-0.1, -0.05) is 32.1 Å². The summed E-state index contributed by atoms with van der Waals surface area (Å²) >= 11 is 0. The molecule has 0 heterocycles. The standard InChI is InChI=1S/C34H48N4O3P/c1-39-27-12-18-30(19-13-27)42(31-20-14-28(40-2)15-21-31,32-22-16-29(41-3)17-23-32)25-11-9-7-5-4-6-8-10-24-38-34(37)26-33(35)36/h12-23H,4-11,24-26H2,1-3H3,(H3,35,36)(H2,37,38)/q+1. The Hall–Kier alpha value is -3.57. The molecular formula is C34H48N4O3P+. The van der Waals surface area contributed by atoms with Crippen LogP contribution in [0.1, 0.15) is 57.8 Å². The largest absolute Gasteiger partial charge is 0.497 e. The van der Waals surface area contributed by atoms with Crippen molar-refractivity contribution in [2.24, 2.45) is 16.5 Å². The van der Waals surface area contributed by atoms with Crippen LogP contribution in [0.2, 0.25) is 0 Å². The molecule has 0 spiro atoms. The second kappa shape index (κ2) is 17.4. The van der Waals surface area contributed by atoms with E-state index in [-0.39, 0.29) is 12.3 Å². The van der Waals surface area contributed by atoms with E-state index in [1.54, 1.807) is 21.3 Å². The summed E-state index contributed by atoms with van der Waals surface area (Å²) in [4.78, 5) is 4.31. The van der Waals surface area contributed by atoms with Gasteiger partial charge in [0.15, 0.2) is 0 Å². The lowest BCUT2D eigenvalue weighted by Gasteiger charge is -2.28. The molecule has 0 radical (unpaired) electrons. The first kappa shape index (κ1) is 32.9. The normalized spacial score (nSPS) is 11.7. The summed E-state index contributed by atoms with van der Waals surface area (Å²) in [6, 6.07) is 26.0. The van der Waals surface area contributed by atoms with E-state index in [1.165, 1.54) is 48.0 Å². The van der Waals surface area contributed by atoms with Crippen LogP contribution in [0.15, 0.2) is 77.8 Å². The van der Waals surface area contributed by atoms with Crippen molar-refractivity contribution in [1.29, 1.82) is 5.41 Å². The minimum atomic E-state index is -1.95. The minimum Gasteiger partial charge on any atom is -0.497 e. The summed E-state index contributed by atoms with van der Waals surface area (Å²) in [6.45, 7) is 0.715. The van der Waals surface area contributed by atoms with Gasteiger partial charge >= 0.3 is 0 Å². The van der Waals surface area contributed by atoms with Crippen LogP contribution in [-0.2, 0) is 0 Å². The molecular weight excluding hydrogens is 543 g/mol. The van der Waals surface area contributed by atoms with Gasteiger partial charge in [-0.25, -0.2) is 0 Å². The van der Waals surface area contributed by atoms with Crippen molar-refractivity contribution in [1.82, 2.24) is 0 Å². The van der Waals surface area contributed by atoms with Crippen LogP contribution in [0, 0.1) is 5.41 Å². The van der Waals surface area contributed by atoms with Crippen molar-refractivity contribution in [2.45, 2.75) is 57.8 Å². The van der Waals surface area contributed by atoms with Crippen LogP contribution in [0.4, 0.5) is 0 Å². The molecule has 42 heavy (non-hydrogen) atoms. The predicted octanol–water partition coefficient (Wildman–Crippen LogP) is 5.81. The third-order valence-electron chi connectivity index (χ3n) is 7.63. The molecule has 0 aliphatic rings. The number of nitrogens with zero attached hydrogens (tertiary/aromatic N) is 1. The Balaban J connectivity index is 1.68. The fourth-order valence-electron chi connectivity index (χ4n) is 5.34. The van der Waals surface area contributed by atoms with Crippen LogP contribution >= 0.6 is 7.26 Å². The molecule has 8 heteroatoms. The number of amidine groups is 2. The molecule has 226 valence electrons. The van der Waals surface area contributed by atoms with Gasteiger partial charge in [-0.3, -0.25) is 10.4 Å². The molecule has 0 aromatic heterocycles. The fraction of sp³-hybridized carbons (Fsp3) is 0.412. The summed E-state index contributed by atoms with van der Waals surface area (Å²) in [5.74, 6) is 3.13. The first-order valence-electron chi connectivity index (χ1n) is 14.9. The number of nitrogens with one attached hydrogen (secondary N) is 1. The zero-order chi connectivity index (χ0) is 30.2. The van der Waals surface area contributed by atoms with Gasteiger partial charge in [0.05, 0.1) is 39.7 Å². The number of hydrogen-bond acceptors (Lipinski definition) is 5. The smallest absolute Gasteiger partial charge is 0.119 e. The molecule has 0 saturated carbocycles. The summed E-state index contributed by atoms with van der Waals surface area (Å²) in [6.07, 6.45) is 10.8. The molecule has 3 aromatic carbocycles. The van der Waals surface area contributed by atoms with Crippen molar-refractivity contribution in [2.75, 3.05) is 34.0 Å². The minimum absolute atomic E-state index is 0.0626. The highest BCUT2D eigenvalue weighted by Gasteiger charge is 2.45. The summed E-state index contributed by atoms with van der Waals surface area (Å²) in [5, 5.41) is 11.3. The maximum absolute atomic E-state index is 7.28. The van der Waals surface area contributed by atoms with Crippen molar-refractivity contribution in [3.05, 3.63) is 72.8 Å². The zero-order valence-corrected chi connectivity index (χ0v) is 26.4. The lowest BCUT2D eigenvalue weighted by Crippen LogP contribution is -2.33. The van der Waals surface area contributed by atoms with Crippen LogP contribution in [-0.4, -0.2) is 45.7 Å². The zero-order valence-electron chi connectivity index (χ0n) is 25.5. The third kappa shape index (κ3) is 9.49. The average molecular weight is 592 g/mol. The summed E-state index contributed by atoms with van der Waals surface area (Å²) < 4.78 is 16.5. The SMILES string of the molecule is COc1ccc([P+](CCCCCCCCCCN=C(N)CC(=N)N)(c2ccc(OC)cc2)c2ccc(OC)cc2)cc1. The van der Waals surface area contributed by atoms with Gasteiger partial charge in [0.2, 0.25) is 0 Å². The van der Waals surface area contributed by atoms with Crippen LogP contribution < -0.4 is 41.6 Å². The predicted molar refractivity (Wildman–Crippen MR) is 180 cm³/mol. The highest BCUT2D eigenvalue weighted by Crippen LogP contribution is 2.56. The van der Waals surface area contributed by atoms with Gasteiger partial charge in [-0.15, -0.1) is 0 Å². The molecule has 3 aromatic rings. The lowest BCUT2D eigenvalue weighted by molar-refractivity contribution is 0.415. The summed E-state index contributed by atoms with van der Waals surface area (Å²) in [7, 11) is 3.19. The Morgan fingerprint density at radius 1 is 0.595 bits per heavy atom. The van der Waals surface area contributed by atoms with Gasteiger partial charge in [0.1, 0.15) is 46.3 Å².